The van der Waals surface area contributed by atoms with Gasteiger partial charge in [0.05, 0.1) is 23.4 Å². The summed E-state index contributed by atoms with van der Waals surface area (Å²) in [7, 11) is 0. The monoisotopic (exact) mass is 448 g/mol. The number of benzene rings is 1. The van der Waals surface area contributed by atoms with Gasteiger partial charge in [-0.3, -0.25) is 10.1 Å². The summed E-state index contributed by atoms with van der Waals surface area (Å²) >= 11 is 0. The Labute approximate surface area is 196 Å². The molecule has 0 saturated heterocycles. The molecule has 0 amide bonds. The second-order valence-electron chi connectivity index (χ2n) is 8.40. The molecule has 0 aliphatic rings. The molecule has 0 spiro atoms. The topological polar surface area (TPSA) is 100 Å². The van der Waals surface area contributed by atoms with Crippen LogP contribution in [0.15, 0.2) is 67.5 Å². The third-order valence-electron chi connectivity index (χ3n) is 6.01. The van der Waals surface area contributed by atoms with E-state index in [4.69, 9.17) is 0 Å². The van der Waals surface area contributed by atoms with Gasteiger partial charge < -0.3 is 14.9 Å². The lowest BCUT2D eigenvalue weighted by Crippen LogP contribution is -2.11. The van der Waals surface area contributed by atoms with Crippen LogP contribution in [0.4, 0.5) is 0 Å². The summed E-state index contributed by atoms with van der Waals surface area (Å²) in [5.74, 6) is 0. The van der Waals surface area contributed by atoms with Gasteiger partial charge in [-0.15, -0.1) is 0 Å². The molecule has 168 valence electrons. The summed E-state index contributed by atoms with van der Waals surface area (Å²) < 4.78 is 2.05. The highest BCUT2D eigenvalue weighted by Gasteiger charge is 2.15. The first-order valence-corrected chi connectivity index (χ1v) is 11.3. The highest BCUT2D eigenvalue weighted by Crippen LogP contribution is 2.32. The van der Waals surface area contributed by atoms with Gasteiger partial charge in [0.25, 0.3) is 0 Å². The summed E-state index contributed by atoms with van der Waals surface area (Å²) in [5.41, 5.74) is 8.80. The molecule has 5 aromatic heterocycles. The summed E-state index contributed by atoms with van der Waals surface area (Å²) in [6, 6.07) is 12.6. The molecular weight excluding hydrogens is 424 g/mol. The number of pyridine rings is 2. The highest BCUT2D eigenvalue weighted by molar-refractivity contribution is 5.98. The molecule has 6 aromatic rings. The van der Waals surface area contributed by atoms with E-state index < -0.39 is 0 Å². The Morgan fingerprint density at radius 2 is 1.91 bits per heavy atom. The Balaban J connectivity index is 1.44. The van der Waals surface area contributed by atoms with Crippen molar-refractivity contribution in [2.75, 3.05) is 6.54 Å². The van der Waals surface area contributed by atoms with E-state index in [-0.39, 0.29) is 0 Å². The lowest BCUT2D eigenvalue weighted by atomic mass is 10.1. The molecule has 0 aliphatic heterocycles. The van der Waals surface area contributed by atoms with Crippen LogP contribution in [0.2, 0.25) is 0 Å². The number of H-pyrrole nitrogens is 2. The number of hydrogen-bond acceptors (Lipinski definition) is 5. The van der Waals surface area contributed by atoms with Gasteiger partial charge in [-0.05, 0) is 49.4 Å². The summed E-state index contributed by atoms with van der Waals surface area (Å²) in [6.45, 7) is 5.80. The molecule has 8 heteroatoms. The summed E-state index contributed by atoms with van der Waals surface area (Å²) in [5, 5.41) is 13.1. The van der Waals surface area contributed by atoms with Gasteiger partial charge in [0.15, 0.2) is 5.65 Å². The Morgan fingerprint density at radius 1 is 1.00 bits per heavy atom. The van der Waals surface area contributed by atoms with E-state index in [1.807, 2.05) is 48.7 Å². The molecule has 1 aromatic carbocycles. The van der Waals surface area contributed by atoms with Crippen LogP contribution in [0.25, 0.3) is 50.1 Å². The number of nitrogens with zero attached hydrogens (tertiary/aromatic N) is 5. The van der Waals surface area contributed by atoms with E-state index in [0.717, 1.165) is 74.5 Å². The molecule has 0 bridgehead atoms. The van der Waals surface area contributed by atoms with Crippen LogP contribution >= 0.6 is 0 Å². The normalized spacial score (nSPS) is 11.6. The van der Waals surface area contributed by atoms with Crippen LogP contribution in [-0.2, 0) is 6.54 Å². The van der Waals surface area contributed by atoms with Crippen molar-refractivity contribution in [3.8, 4) is 28.2 Å². The fourth-order valence-corrected chi connectivity index (χ4v) is 4.32. The summed E-state index contributed by atoms with van der Waals surface area (Å²) in [6.07, 6.45) is 9.50. The van der Waals surface area contributed by atoms with Gasteiger partial charge in [0.1, 0.15) is 5.69 Å². The first kappa shape index (κ1) is 20.3. The summed E-state index contributed by atoms with van der Waals surface area (Å²) in [4.78, 5) is 17.0. The number of aryl methyl sites for hydroxylation is 1. The molecule has 8 nitrogen and oxygen atoms in total. The Kier molecular flexibility index (Phi) is 4.92. The third kappa shape index (κ3) is 3.54. The van der Waals surface area contributed by atoms with Crippen molar-refractivity contribution in [1.82, 2.24) is 40.0 Å². The molecule has 3 N–H and O–H groups in total. The number of imidazole rings is 1. The zero-order valence-electron chi connectivity index (χ0n) is 19.0. The molecule has 5 heterocycles. The number of aromatic amines is 2. The quantitative estimate of drug-likeness (QED) is 0.341. The maximum atomic E-state index is 4.63. The molecule has 0 radical (unpaired) electrons. The maximum absolute atomic E-state index is 4.63. The molecule has 0 atom stereocenters. The van der Waals surface area contributed by atoms with E-state index >= 15 is 0 Å². The van der Waals surface area contributed by atoms with Crippen LogP contribution in [0.3, 0.4) is 0 Å². The molecule has 0 unspecified atom stereocenters. The molecule has 0 fully saturated rings. The molecule has 34 heavy (non-hydrogen) atoms. The number of rotatable bonds is 6. The minimum Gasteiger partial charge on any atom is -0.353 e. The van der Waals surface area contributed by atoms with Crippen molar-refractivity contribution < 1.29 is 0 Å². The maximum Gasteiger partial charge on any atom is 0.155 e. The first-order chi connectivity index (χ1) is 16.7. The Morgan fingerprint density at radius 3 is 2.76 bits per heavy atom. The second kappa shape index (κ2) is 8.24. The van der Waals surface area contributed by atoms with Crippen molar-refractivity contribution >= 4 is 21.9 Å². The fraction of sp³-hybridized carbons (Fsp3) is 0.154. The Bertz CT molecular complexity index is 1620. The number of fused-ring (bicyclic) bond motifs is 2. The molecule has 6 rings (SSSR count). The largest absolute Gasteiger partial charge is 0.353 e. The third-order valence-corrected chi connectivity index (χ3v) is 6.01. The Hall–Kier alpha value is -4.30. The lowest BCUT2D eigenvalue weighted by molar-refractivity contribution is 0.724. The van der Waals surface area contributed by atoms with Crippen molar-refractivity contribution in [3.05, 3.63) is 78.8 Å². The van der Waals surface area contributed by atoms with E-state index in [2.05, 4.69) is 72.7 Å². The van der Waals surface area contributed by atoms with E-state index in [0.29, 0.717) is 0 Å². The van der Waals surface area contributed by atoms with E-state index in [1.165, 1.54) is 0 Å². The molecule has 0 aliphatic carbocycles. The minimum atomic E-state index is 0.750. The van der Waals surface area contributed by atoms with Crippen LogP contribution in [0.5, 0.6) is 0 Å². The van der Waals surface area contributed by atoms with Gasteiger partial charge >= 0.3 is 0 Å². The van der Waals surface area contributed by atoms with Gasteiger partial charge in [-0.25, -0.2) is 9.97 Å². The average Bonchev–Trinajstić information content (AvgIpc) is 3.59. The van der Waals surface area contributed by atoms with Crippen LogP contribution in [0, 0.1) is 6.92 Å². The minimum absolute atomic E-state index is 0.750. The van der Waals surface area contributed by atoms with Crippen molar-refractivity contribution in [3.63, 3.8) is 0 Å². The standard InChI is InChI=1S/C26H24N8/c1-3-27-10-17-7-18(12-28-11-17)19-8-21-25(32-33-26(21)29-13-19)23-9-20-22(31-23)5-4-6-24(20)34-14-16(2)30-15-34/h4-9,11-15,27,31H,3,10H2,1-2H3,(H,29,32,33). The van der Waals surface area contributed by atoms with Crippen molar-refractivity contribution in [1.29, 1.82) is 0 Å². The molecular formula is C26H24N8. The van der Waals surface area contributed by atoms with Gasteiger partial charge in [-0.1, -0.05) is 13.0 Å². The average molecular weight is 449 g/mol. The lowest BCUT2D eigenvalue weighted by Gasteiger charge is -2.06. The van der Waals surface area contributed by atoms with Crippen LogP contribution in [-0.4, -0.2) is 41.2 Å². The predicted molar refractivity (Wildman–Crippen MR) is 134 cm³/mol. The molecule has 0 saturated carbocycles. The first-order valence-electron chi connectivity index (χ1n) is 11.3. The predicted octanol–water partition coefficient (Wildman–Crippen LogP) is 4.77. The fourth-order valence-electron chi connectivity index (χ4n) is 4.32. The number of hydrogen-bond donors (Lipinski definition) is 3. The van der Waals surface area contributed by atoms with Gasteiger partial charge in [0, 0.05) is 58.7 Å². The SMILES string of the molecule is CCNCc1cncc(-c2cnc3[nH]nc(-c4cc5c(-n6cnc(C)c6)cccc5[nH]4)c3c2)c1. The number of aromatic nitrogens is 7. The smallest absolute Gasteiger partial charge is 0.155 e. The zero-order chi connectivity index (χ0) is 23.1. The zero-order valence-corrected chi connectivity index (χ0v) is 19.0. The van der Waals surface area contributed by atoms with Gasteiger partial charge in [0.2, 0.25) is 0 Å². The van der Waals surface area contributed by atoms with Gasteiger partial charge in [-0.2, -0.15) is 5.10 Å². The van der Waals surface area contributed by atoms with E-state index in [9.17, 15) is 0 Å². The second-order valence-corrected chi connectivity index (χ2v) is 8.40. The highest BCUT2D eigenvalue weighted by atomic mass is 15.2. The number of nitrogens with one attached hydrogen (secondary N) is 3. The van der Waals surface area contributed by atoms with Crippen LogP contribution in [0.1, 0.15) is 18.2 Å². The van der Waals surface area contributed by atoms with Crippen LogP contribution < -0.4 is 5.32 Å². The van der Waals surface area contributed by atoms with Crippen molar-refractivity contribution in [2.24, 2.45) is 0 Å². The van der Waals surface area contributed by atoms with E-state index in [1.54, 1.807) is 0 Å². The van der Waals surface area contributed by atoms with Crippen molar-refractivity contribution in [2.45, 2.75) is 20.4 Å².